The minimum atomic E-state index is -4.38. The maximum atomic E-state index is 13.0. The average Bonchev–Trinajstić information content (AvgIpc) is 3.13. The van der Waals surface area contributed by atoms with Gasteiger partial charge in [-0.1, -0.05) is 18.2 Å². The Balaban J connectivity index is 0.00000182. The molecule has 1 heterocycles. The first-order valence-corrected chi connectivity index (χ1v) is 8.54. The van der Waals surface area contributed by atoms with Crippen molar-refractivity contribution in [2.24, 2.45) is 17.6 Å². The number of amides is 1. The van der Waals surface area contributed by atoms with Gasteiger partial charge in [0.1, 0.15) is 0 Å². The van der Waals surface area contributed by atoms with E-state index < -0.39 is 17.2 Å². The van der Waals surface area contributed by atoms with Crippen molar-refractivity contribution < 1.29 is 18.0 Å². The maximum absolute atomic E-state index is 13.0. The molecule has 1 amide bonds. The lowest BCUT2D eigenvalue weighted by molar-refractivity contribution is -0.138. The molecule has 3 atom stereocenters. The van der Waals surface area contributed by atoms with Crippen LogP contribution in [-0.4, -0.2) is 29.9 Å². The quantitative estimate of drug-likeness (QED) is 0.862. The van der Waals surface area contributed by atoms with Crippen LogP contribution in [0.4, 0.5) is 13.2 Å². The van der Waals surface area contributed by atoms with E-state index >= 15 is 0 Å². The van der Waals surface area contributed by atoms with Crippen LogP contribution in [0.25, 0.3) is 0 Å². The van der Waals surface area contributed by atoms with Crippen LogP contribution in [0, 0.1) is 11.8 Å². The lowest BCUT2D eigenvalue weighted by Gasteiger charge is -2.25. The number of halogens is 4. The summed E-state index contributed by atoms with van der Waals surface area (Å²) >= 11 is 0. The molecule has 3 fully saturated rings. The third kappa shape index (κ3) is 3.04. The standard InChI is InChI=1S/C18H21F3N2O.ClH/c19-18(20,21)13-3-1-2-12(8-13)17(6-7-17)16(24)23-9-11-4-5-15(22)14(11)10-23;/h1-3,8,11,14-15H,4-7,9-10,22H2;1H. The number of benzene rings is 1. The molecule has 0 radical (unpaired) electrons. The first-order chi connectivity index (χ1) is 11.3. The monoisotopic (exact) mass is 374 g/mol. The topological polar surface area (TPSA) is 46.3 Å². The zero-order valence-electron chi connectivity index (χ0n) is 13.8. The van der Waals surface area contributed by atoms with Gasteiger partial charge in [0.05, 0.1) is 11.0 Å². The lowest BCUT2D eigenvalue weighted by atomic mass is 9.92. The van der Waals surface area contributed by atoms with Crippen LogP contribution < -0.4 is 5.73 Å². The summed E-state index contributed by atoms with van der Waals surface area (Å²) < 4.78 is 38.9. The molecule has 3 aliphatic rings. The van der Waals surface area contributed by atoms with Gasteiger partial charge in [-0.15, -0.1) is 12.4 Å². The van der Waals surface area contributed by atoms with Crippen LogP contribution in [0.15, 0.2) is 24.3 Å². The van der Waals surface area contributed by atoms with Crippen molar-refractivity contribution in [3.05, 3.63) is 35.4 Å². The van der Waals surface area contributed by atoms with E-state index in [9.17, 15) is 18.0 Å². The first kappa shape index (κ1) is 18.5. The summed E-state index contributed by atoms with van der Waals surface area (Å²) in [5.74, 6) is 0.802. The Morgan fingerprint density at radius 2 is 1.92 bits per heavy atom. The summed E-state index contributed by atoms with van der Waals surface area (Å²) in [5, 5.41) is 0. The Morgan fingerprint density at radius 3 is 2.52 bits per heavy atom. The average molecular weight is 375 g/mol. The predicted octanol–water partition coefficient (Wildman–Crippen LogP) is 3.35. The number of rotatable bonds is 2. The Kier molecular flexibility index (Phi) is 4.57. The highest BCUT2D eigenvalue weighted by Crippen LogP contribution is 2.51. The fourth-order valence-corrected chi connectivity index (χ4v) is 4.52. The lowest BCUT2D eigenvalue weighted by Crippen LogP contribution is -2.39. The van der Waals surface area contributed by atoms with E-state index in [0.29, 0.717) is 43.3 Å². The second-order valence-electron chi connectivity index (χ2n) is 7.54. The molecular weight excluding hydrogens is 353 g/mol. The SMILES string of the molecule is Cl.NC1CCC2CN(C(=O)C3(c4cccc(C(F)(F)F)c4)CC3)CC12. The zero-order chi connectivity index (χ0) is 17.1. The van der Waals surface area contributed by atoms with Crippen molar-refractivity contribution in [2.45, 2.75) is 43.3 Å². The molecular formula is C18H22ClF3N2O. The molecule has 1 aromatic rings. The number of hydrogen-bond donors (Lipinski definition) is 1. The van der Waals surface area contributed by atoms with Gasteiger partial charge < -0.3 is 10.6 Å². The summed E-state index contributed by atoms with van der Waals surface area (Å²) in [4.78, 5) is 14.9. The van der Waals surface area contributed by atoms with Gasteiger partial charge in [0.15, 0.2) is 0 Å². The Labute approximate surface area is 151 Å². The number of nitrogens with two attached hydrogens (primary N) is 1. The van der Waals surface area contributed by atoms with Gasteiger partial charge >= 0.3 is 6.18 Å². The predicted molar refractivity (Wildman–Crippen MR) is 90.4 cm³/mol. The second kappa shape index (κ2) is 6.16. The highest BCUT2D eigenvalue weighted by molar-refractivity contribution is 5.91. The van der Waals surface area contributed by atoms with Crippen LogP contribution >= 0.6 is 12.4 Å². The van der Waals surface area contributed by atoms with Crippen LogP contribution in [0.3, 0.4) is 0 Å². The van der Waals surface area contributed by atoms with Gasteiger partial charge in [-0.3, -0.25) is 4.79 Å². The normalized spacial score (nSPS) is 29.9. The minimum absolute atomic E-state index is 0. The largest absolute Gasteiger partial charge is 0.416 e. The summed E-state index contributed by atoms with van der Waals surface area (Å²) in [5.41, 5.74) is 5.20. The fourth-order valence-electron chi connectivity index (χ4n) is 4.52. The molecule has 4 rings (SSSR count). The van der Waals surface area contributed by atoms with E-state index in [1.165, 1.54) is 6.07 Å². The van der Waals surface area contributed by atoms with E-state index in [4.69, 9.17) is 5.73 Å². The number of hydrogen-bond acceptors (Lipinski definition) is 2. The highest BCUT2D eigenvalue weighted by atomic mass is 35.5. The summed E-state index contributed by atoms with van der Waals surface area (Å²) in [6, 6.07) is 5.41. The van der Waals surface area contributed by atoms with Crippen molar-refractivity contribution in [2.75, 3.05) is 13.1 Å². The van der Waals surface area contributed by atoms with E-state index in [0.717, 1.165) is 25.0 Å². The molecule has 25 heavy (non-hydrogen) atoms. The smallest absolute Gasteiger partial charge is 0.341 e. The Morgan fingerprint density at radius 1 is 1.20 bits per heavy atom. The fraction of sp³-hybridized carbons (Fsp3) is 0.611. The third-order valence-corrected chi connectivity index (χ3v) is 6.10. The van der Waals surface area contributed by atoms with E-state index in [1.54, 1.807) is 6.07 Å². The molecule has 3 nitrogen and oxygen atoms in total. The number of nitrogens with zero attached hydrogens (tertiary/aromatic N) is 1. The molecule has 0 aromatic heterocycles. The van der Waals surface area contributed by atoms with Gasteiger partial charge in [-0.25, -0.2) is 0 Å². The molecule has 7 heteroatoms. The third-order valence-electron chi connectivity index (χ3n) is 6.10. The van der Waals surface area contributed by atoms with Crippen LogP contribution in [0.1, 0.15) is 36.8 Å². The van der Waals surface area contributed by atoms with Crippen LogP contribution in [0.5, 0.6) is 0 Å². The molecule has 1 aromatic carbocycles. The number of carbonyl (C=O) groups is 1. The molecule has 3 unspecified atom stereocenters. The first-order valence-electron chi connectivity index (χ1n) is 8.54. The highest BCUT2D eigenvalue weighted by Gasteiger charge is 2.55. The van der Waals surface area contributed by atoms with Crippen molar-refractivity contribution in [1.82, 2.24) is 4.90 Å². The van der Waals surface area contributed by atoms with E-state index in [2.05, 4.69) is 0 Å². The summed E-state index contributed by atoms with van der Waals surface area (Å²) in [6.45, 7) is 1.36. The van der Waals surface area contributed by atoms with Crippen molar-refractivity contribution in [3.8, 4) is 0 Å². The minimum Gasteiger partial charge on any atom is -0.341 e. The number of fused-ring (bicyclic) bond motifs is 1. The second-order valence-corrected chi connectivity index (χ2v) is 7.54. The molecule has 2 aliphatic carbocycles. The summed E-state index contributed by atoms with van der Waals surface area (Å²) in [6.07, 6.45) is -1.06. The molecule has 1 saturated heterocycles. The van der Waals surface area contributed by atoms with Crippen molar-refractivity contribution >= 4 is 18.3 Å². The molecule has 2 saturated carbocycles. The molecule has 138 valence electrons. The van der Waals surface area contributed by atoms with E-state index in [-0.39, 0.29) is 24.4 Å². The number of likely N-dealkylation sites (tertiary alicyclic amines) is 1. The van der Waals surface area contributed by atoms with Gasteiger partial charge in [0.2, 0.25) is 5.91 Å². The zero-order valence-corrected chi connectivity index (χ0v) is 14.6. The summed E-state index contributed by atoms with van der Waals surface area (Å²) in [7, 11) is 0. The molecule has 0 spiro atoms. The number of carbonyl (C=O) groups excluding carboxylic acids is 1. The molecule has 2 N–H and O–H groups in total. The maximum Gasteiger partial charge on any atom is 0.416 e. The van der Waals surface area contributed by atoms with Crippen molar-refractivity contribution in [1.29, 1.82) is 0 Å². The Bertz CT molecular complexity index is 675. The van der Waals surface area contributed by atoms with E-state index in [1.807, 2.05) is 4.90 Å². The van der Waals surface area contributed by atoms with Gasteiger partial charge in [0, 0.05) is 19.1 Å². The van der Waals surface area contributed by atoms with Gasteiger partial charge in [-0.05, 0) is 49.1 Å². The Hall–Kier alpha value is -1.27. The number of alkyl halides is 3. The van der Waals surface area contributed by atoms with Crippen LogP contribution in [-0.2, 0) is 16.4 Å². The van der Waals surface area contributed by atoms with Gasteiger partial charge in [0.25, 0.3) is 0 Å². The van der Waals surface area contributed by atoms with Gasteiger partial charge in [-0.2, -0.15) is 13.2 Å². The van der Waals surface area contributed by atoms with Crippen molar-refractivity contribution in [3.63, 3.8) is 0 Å². The molecule has 0 bridgehead atoms. The molecule has 1 aliphatic heterocycles. The van der Waals surface area contributed by atoms with Crippen LogP contribution in [0.2, 0.25) is 0 Å².